The van der Waals surface area contributed by atoms with Gasteiger partial charge in [-0.3, -0.25) is 9.59 Å². The summed E-state index contributed by atoms with van der Waals surface area (Å²) >= 11 is 0. The summed E-state index contributed by atoms with van der Waals surface area (Å²) in [5, 5.41) is 8.36. The van der Waals surface area contributed by atoms with Crippen LogP contribution in [0.15, 0.2) is 30.3 Å². The number of carbonyl (C=O) groups excluding carboxylic acids is 1. The molecule has 0 radical (unpaired) electrons. The van der Waals surface area contributed by atoms with Gasteiger partial charge in [0.05, 0.1) is 6.42 Å². The Morgan fingerprint density at radius 3 is 2.14 bits per heavy atom. The van der Waals surface area contributed by atoms with Gasteiger partial charge in [-0.05, 0) is 0 Å². The highest BCUT2D eigenvalue weighted by atomic mass is 16.4. The fraction of sp³-hybridized carbons (Fsp3) is 0.200. The van der Waals surface area contributed by atoms with Crippen molar-refractivity contribution in [2.75, 3.05) is 0 Å². The SMILES string of the molecule is O.O=C(O)CCC(=O)c1ccccc1. The van der Waals surface area contributed by atoms with Crippen LogP contribution in [-0.4, -0.2) is 22.3 Å². The second-order valence-corrected chi connectivity index (χ2v) is 2.68. The van der Waals surface area contributed by atoms with Gasteiger partial charge in [0.15, 0.2) is 5.78 Å². The van der Waals surface area contributed by atoms with E-state index in [9.17, 15) is 9.59 Å². The molecule has 0 aliphatic carbocycles. The molecular formula is C10H12O4. The first-order valence-corrected chi connectivity index (χ1v) is 4.00. The molecule has 0 aliphatic heterocycles. The molecule has 1 rings (SSSR count). The van der Waals surface area contributed by atoms with E-state index in [1.807, 2.05) is 6.07 Å². The maximum absolute atomic E-state index is 11.3. The molecule has 4 heteroatoms. The molecular weight excluding hydrogens is 184 g/mol. The molecule has 76 valence electrons. The van der Waals surface area contributed by atoms with Crippen LogP contribution in [0.2, 0.25) is 0 Å². The molecule has 0 saturated carbocycles. The number of benzene rings is 1. The number of aliphatic carboxylic acids is 1. The zero-order chi connectivity index (χ0) is 9.68. The van der Waals surface area contributed by atoms with Crippen molar-refractivity contribution in [3.63, 3.8) is 0 Å². The van der Waals surface area contributed by atoms with Crippen molar-refractivity contribution in [3.05, 3.63) is 35.9 Å². The summed E-state index contributed by atoms with van der Waals surface area (Å²) in [6, 6.07) is 8.70. The van der Waals surface area contributed by atoms with E-state index in [1.54, 1.807) is 24.3 Å². The van der Waals surface area contributed by atoms with Gasteiger partial charge in [0.2, 0.25) is 0 Å². The Balaban J connectivity index is 0.00000169. The zero-order valence-corrected chi connectivity index (χ0v) is 7.56. The number of carboxylic acid groups (broad SMARTS) is 1. The van der Waals surface area contributed by atoms with Gasteiger partial charge in [-0.2, -0.15) is 0 Å². The normalized spacial score (nSPS) is 8.86. The fourth-order valence-electron chi connectivity index (χ4n) is 0.989. The molecule has 0 aromatic heterocycles. The van der Waals surface area contributed by atoms with Crippen molar-refractivity contribution in [1.29, 1.82) is 0 Å². The van der Waals surface area contributed by atoms with Gasteiger partial charge in [0.25, 0.3) is 0 Å². The quantitative estimate of drug-likeness (QED) is 0.726. The smallest absolute Gasteiger partial charge is 0.303 e. The lowest BCUT2D eigenvalue weighted by atomic mass is 10.1. The van der Waals surface area contributed by atoms with E-state index in [1.165, 1.54) is 0 Å². The highest BCUT2D eigenvalue weighted by Gasteiger charge is 2.06. The molecule has 1 aromatic rings. The molecule has 0 saturated heterocycles. The zero-order valence-electron chi connectivity index (χ0n) is 7.56. The van der Waals surface area contributed by atoms with Crippen molar-refractivity contribution >= 4 is 11.8 Å². The van der Waals surface area contributed by atoms with Crippen LogP contribution >= 0.6 is 0 Å². The van der Waals surface area contributed by atoms with E-state index >= 15 is 0 Å². The molecule has 0 spiro atoms. The van der Waals surface area contributed by atoms with Gasteiger partial charge in [0.1, 0.15) is 0 Å². The van der Waals surface area contributed by atoms with Crippen LogP contribution in [0, 0.1) is 0 Å². The van der Waals surface area contributed by atoms with Crippen LogP contribution in [0.4, 0.5) is 0 Å². The summed E-state index contributed by atoms with van der Waals surface area (Å²) in [5.74, 6) is -1.06. The summed E-state index contributed by atoms with van der Waals surface area (Å²) in [6.45, 7) is 0. The highest BCUT2D eigenvalue weighted by Crippen LogP contribution is 2.04. The third kappa shape index (κ3) is 3.82. The lowest BCUT2D eigenvalue weighted by molar-refractivity contribution is -0.136. The Morgan fingerprint density at radius 2 is 1.64 bits per heavy atom. The van der Waals surface area contributed by atoms with E-state index in [2.05, 4.69) is 0 Å². The van der Waals surface area contributed by atoms with Gasteiger partial charge in [-0.15, -0.1) is 0 Å². The molecule has 1 aromatic carbocycles. The number of Topliss-reactive ketones (excluding diaryl/α,β-unsaturated/α-hetero) is 1. The lowest BCUT2D eigenvalue weighted by Crippen LogP contribution is -2.03. The average molecular weight is 196 g/mol. The summed E-state index contributed by atoms with van der Waals surface area (Å²) in [5.41, 5.74) is 0.573. The standard InChI is InChI=1S/C10H10O3.H2O/c11-9(6-7-10(12)13)8-4-2-1-3-5-8;/h1-5H,6-7H2,(H,12,13);1H2. The molecule has 0 amide bonds. The second kappa shape index (κ2) is 5.88. The number of carbonyl (C=O) groups is 2. The topological polar surface area (TPSA) is 85.9 Å². The number of rotatable bonds is 4. The maximum Gasteiger partial charge on any atom is 0.303 e. The number of hydrogen-bond acceptors (Lipinski definition) is 2. The van der Waals surface area contributed by atoms with Gasteiger partial charge >= 0.3 is 5.97 Å². The van der Waals surface area contributed by atoms with Crippen molar-refractivity contribution in [1.82, 2.24) is 0 Å². The van der Waals surface area contributed by atoms with Crippen molar-refractivity contribution in [2.45, 2.75) is 12.8 Å². The van der Waals surface area contributed by atoms with E-state index < -0.39 is 5.97 Å². The van der Waals surface area contributed by atoms with Gasteiger partial charge in [-0.1, -0.05) is 30.3 Å². The first kappa shape index (κ1) is 12.3. The predicted octanol–water partition coefficient (Wildman–Crippen LogP) is 0.909. The van der Waals surface area contributed by atoms with E-state index in [0.29, 0.717) is 5.56 Å². The van der Waals surface area contributed by atoms with Crippen LogP contribution in [0.5, 0.6) is 0 Å². The van der Waals surface area contributed by atoms with Crippen molar-refractivity contribution < 1.29 is 20.2 Å². The average Bonchev–Trinajstić information content (AvgIpc) is 2.15. The van der Waals surface area contributed by atoms with Gasteiger partial charge in [0, 0.05) is 12.0 Å². The Labute approximate surface area is 81.5 Å². The third-order valence-corrected chi connectivity index (χ3v) is 1.66. The fourth-order valence-corrected chi connectivity index (χ4v) is 0.989. The van der Waals surface area contributed by atoms with Crippen LogP contribution in [0.25, 0.3) is 0 Å². The van der Waals surface area contributed by atoms with Crippen LogP contribution in [0.1, 0.15) is 23.2 Å². The van der Waals surface area contributed by atoms with Crippen LogP contribution < -0.4 is 0 Å². The van der Waals surface area contributed by atoms with Gasteiger partial charge in [-0.25, -0.2) is 0 Å². The second-order valence-electron chi connectivity index (χ2n) is 2.68. The molecule has 0 fully saturated rings. The molecule has 14 heavy (non-hydrogen) atoms. The van der Waals surface area contributed by atoms with E-state index in [-0.39, 0.29) is 24.1 Å². The Kier molecular flexibility index (Phi) is 5.17. The van der Waals surface area contributed by atoms with E-state index in [4.69, 9.17) is 5.11 Å². The minimum absolute atomic E-state index is 0. The maximum atomic E-state index is 11.3. The number of ketones is 1. The van der Waals surface area contributed by atoms with Crippen molar-refractivity contribution in [3.8, 4) is 0 Å². The molecule has 0 unspecified atom stereocenters. The molecule has 0 atom stereocenters. The van der Waals surface area contributed by atoms with Crippen LogP contribution in [-0.2, 0) is 4.79 Å². The molecule has 0 heterocycles. The minimum Gasteiger partial charge on any atom is -0.481 e. The predicted molar refractivity (Wildman–Crippen MR) is 51.3 cm³/mol. The molecule has 0 bridgehead atoms. The lowest BCUT2D eigenvalue weighted by Gasteiger charge is -1.97. The summed E-state index contributed by atoms with van der Waals surface area (Å²) in [4.78, 5) is 21.5. The minimum atomic E-state index is -0.940. The Hall–Kier alpha value is -1.68. The summed E-state index contributed by atoms with van der Waals surface area (Å²) in [6.07, 6.45) is -0.0346. The first-order valence-electron chi connectivity index (χ1n) is 4.00. The third-order valence-electron chi connectivity index (χ3n) is 1.66. The monoisotopic (exact) mass is 196 g/mol. The largest absolute Gasteiger partial charge is 0.481 e. The Bertz CT molecular complexity index is 305. The summed E-state index contributed by atoms with van der Waals surface area (Å²) in [7, 11) is 0. The molecule has 0 aliphatic rings. The van der Waals surface area contributed by atoms with E-state index in [0.717, 1.165) is 0 Å². The number of carboxylic acids is 1. The van der Waals surface area contributed by atoms with Gasteiger partial charge < -0.3 is 10.6 Å². The van der Waals surface area contributed by atoms with Crippen molar-refractivity contribution in [2.24, 2.45) is 0 Å². The Morgan fingerprint density at radius 1 is 1.07 bits per heavy atom. The number of hydrogen-bond donors (Lipinski definition) is 1. The highest BCUT2D eigenvalue weighted by molar-refractivity contribution is 5.97. The van der Waals surface area contributed by atoms with Crippen LogP contribution in [0.3, 0.4) is 0 Å². The molecule has 3 N–H and O–H groups in total. The first-order chi connectivity index (χ1) is 6.20. The molecule has 4 nitrogen and oxygen atoms in total. The summed E-state index contributed by atoms with van der Waals surface area (Å²) < 4.78 is 0.